The maximum absolute atomic E-state index is 12.6. The molecule has 7 heteroatoms. The number of ether oxygens (including phenoxy) is 1. The molecule has 0 bridgehead atoms. The molecule has 19 heavy (non-hydrogen) atoms. The van der Waals surface area contributed by atoms with Crippen molar-refractivity contribution in [1.29, 1.82) is 0 Å². The van der Waals surface area contributed by atoms with Gasteiger partial charge in [0.05, 0.1) is 12.2 Å². The number of rotatable bonds is 5. The van der Waals surface area contributed by atoms with Gasteiger partial charge in [-0.15, -0.1) is 0 Å². The Morgan fingerprint density at radius 3 is 2.84 bits per heavy atom. The van der Waals surface area contributed by atoms with Gasteiger partial charge in [-0.1, -0.05) is 6.92 Å². The lowest BCUT2D eigenvalue weighted by Gasteiger charge is -2.06. The molecule has 1 N–H and O–H groups in total. The number of hydrogen-bond donors (Lipinski definition) is 1. The van der Waals surface area contributed by atoms with Crippen LogP contribution in [0.4, 0.5) is 8.78 Å². The van der Waals surface area contributed by atoms with Gasteiger partial charge in [0.2, 0.25) is 0 Å². The maximum Gasteiger partial charge on any atom is 0.335 e. The Morgan fingerprint density at radius 2 is 2.26 bits per heavy atom. The Labute approximate surface area is 107 Å². The number of aromatic carboxylic acids is 1. The molecule has 2 aromatic rings. The van der Waals surface area contributed by atoms with Gasteiger partial charge in [0.15, 0.2) is 0 Å². The Kier molecular flexibility index (Phi) is 3.64. The zero-order chi connectivity index (χ0) is 14.0. The van der Waals surface area contributed by atoms with Crippen molar-refractivity contribution in [2.45, 2.75) is 19.9 Å². The van der Waals surface area contributed by atoms with Gasteiger partial charge >= 0.3 is 12.5 Å². The first-order chi connectivity index (χ1) is 9.02. The summed E-state index contributed by atoms with van der Waals surface area (Å²) in [5, 5.41) is 13.0. The fraction of sp³-hybridized carbons (Fsp3) is 0.333. The second kappa shape index (κ2) is 5.21. The summed E-state index contributed by atoms with van der Waals surface area (Å²) in [6.07, 6.45) is 1.82. The Bertz CT molecular complexity index is 610. The molecule has 0 aliphatic heterocycles. The number of alkyl halides is 2. The smallest absolute Gasteiger partial charge is 0.335 e. The molecular weight excluding hydrogens is 258 g/mol. The predicted octanol–water partition coefficient (Wildman–Crippen LogP) is 2.92. The number of benzene rings is 1. The highest BCUT2D eigenvalue weighted by molar-refractivity contribution is 5.95. The molecule has 0 amide bonds. The summed E-state index contributed by atoms with van der Waals surface area (Å²) in [5.74, 6) is -0.941. The molecule has 0 spiro atoms. The van der Waals surface area contributed by atoms with E-state index in [9.17, 15) is 13.6 Å². The van der Waals surface area contributed by atoms with Gasteiger partial charge in [-0.2, -0.15) is 13.9 Å². The van der Waals surface area contributed by atoms with E-state index in [0.717, 1.165) is 6.20 Å². The van der Waals surface area contributed by atoms with Crippen molar-refractivity contribution in [3.8, 4) is 5.75 Å². The molecule has 102 valence electrons. The van der Waals surface area contributed by atoms with Crippen LogP contribution in [0.25, 0.3) is 10.9 Å². The summed E-state index contributed by atoms with van der Waals surface area (Å²) < 4.78 is 31.0. The minimum Gasteiger partial charge on any atom is -0.491 e. The minimum absolute atomic E-state index is 0.0209. The van der Waals surface area contributed by atoms with Gasteiger partial charge in [-0.3, -0.25) is 0 Å². The second-order valence-electron chi connectivity index (χ2n) is 3.95. The summed E-state index contributed by atoms with van der Waals surface area (Å²) in [7, 11) is 0. The first kappa shape index (κ1) is 13.3. The van der Waals surface area contributed by atoms with E-state index in [2.05, 4.69) is 5.10 Å². The highest BCUT2D eigenvalue weighted by Gasteiger charge is 2.16. The molecular formula is C12H12F2N2O3. The fourth-order valence-electron chi connectivity index (χ4n) is 1.67. The topological polar surface area (TPSA) is 64.3 Å². The molecule has 1 aromatic heterocycles. The molecule has 0 saturated heterocycles. The van der Waals surface area contributed by atoms with Crippen LogP contribution in [0.2, 0.25) is 0 Å². The zero-order valence-electron chi connectivity index (χ0n) is 10.1. The van der Waals surface area contributed by atoms with Crippen LogP contribution in [0, 0.1) is 0 Å². The molecule has 1 heterocycles. The van der Waals surface area contributed by atoms with Crippen LogP contribution in [0.1, 0.15) is 30.3 Å². The molecule has 0 atom stereocenters. The Hall–Kier alpha value is -2.18. The number of carboxylic acid groups (broad SMARTS) is 1. The van der Waals surface area contributed by atoms with Crippen molar-refractivity contribution in [2.24, 2.45) is 0 Å². The van der Waals surface area contributed by atoms with E-state index < -0.39 is 12.5 Å². The van der Waals surface area contributed by atoms with E-state index in [1.54, 1.807) is 0 Å². The van der Waals surface area contributed by atoms with Crippen LogP contribution in [-0.4, -0.2) is 27.5 Å². The SMILES string of the molecule is CCCOc1cc(C(=O)O)cc2cn(C(F)F)nc12. The van der Waals surface area contributed by atoms with E-state index >= 15 is 0 Å². The average molecular weight is 270 g/mol. The third-order valence-electron chi connectivity index (χ3n) is 2.50. The zero-order valence-corrected chi connectivity index (χ0v) is 10.1. The fourth-order valence-corrected chi connectivity index (χ4v) is 1.67. The summed E-state index contributed by atoms with van der Waals surface area (Å²) >= 11 is 0. The number of aromatic nitrogens is 2. The lowest BCUT2D eigenvalue weighted by Crippen LogP contribution is -2.01. The van der Waals surface area contributed by atoms with Gasteiger partial charge in [0.25, 0.3) is 0 Å². The molecule has 0 aliphatic rings. The monoisotopic (exact) mass is 270 g/mol. The molecule has 0 fully saturated rings. The van der Waals surface area contributed by atoms with Crippen molar-refractivity contribution in [3.05, 3.63) is 23.9 Å². The molecule has 0 unspecified atom stereocenters. The van der Waals surface area contributed by atoms with Crippen LogP contribution < -0.4 is 4.74 Å². The van der Waals surface area contributed by atoms with Crippen molar-refractivity contribution in [2.75, 3.05) is 6.61 Å². The molecule has 5 nitrogen and oxygen atoms in total. The molecule has 0 aliphatic carbocycles. The average Bonchev–Trinajstić information content (AvgIpc) is 2.79. The van der Waals surface area contributed by atoms with Gasteiger partial charge in [0.1, 0.15) is 11.3 Å². The molecule has 0 radical (unpaired) electrons. The number of carboxylic acids is 1. The number of hydrogen-bond acceptors (Lipinski definition) is 3. The Balaban J connectivity index is 2.57. The lowest BCUT2D eigenvalue weighted by molar-refractivity contribution is 0.0573. The molecule has 2 rings (SSSR count). The van der Waals surface area contributed by atoms with E-state index in [0.29, 0.717) is 23.1 Å². The van der Waals surface area contributed by atoms with E-state index in [1.165, 1.54) is 12.1 Å². The van der Waals surface area contributed by atoms with Crippen LogP contribution in [-0.2, 0) is 0 Å². The number of fused-ring (bicyclic) bond motifs is 1. The number of halogens is 2. The van der Waals surface area contributed by atoms with Crippen LogP contribution >= 0.6 is 0 Å². The third kappa shape index (κ3) is 2.64. The Morgan fingerprint density at radius 1 is 1.53 bits per heavy atom. The van der Waals surface area contributed by atoms with Crippen molar-refractivity contribution in [3.63, 3.8) is 0 Å². The first-order valence-electron chi connectivity index (χ1n) is 5.70. The van der Waals surface area contributed by atoms with Crippen LogP contribution in [0.5, 0.6) is 5.75 Å². The van der Waals surface area contributed by atoms with Crippen LogP contribution in [0.3, 0.4) is 0 Å². The summed E-state index contributed by atoms with van der Waals surface area (Å²) in [4.78, 5) is 11.0. The summed E-state index contributed by atoms with van der Waals surface area (Å²) in [6, 6.07) is 2.59. The highest BCUT2D eigenvalue weighted by atomic mass is 19.3. The van der Waals surface area contributed by atoms with Crippen molar-refractivity contribution in [1.82, 2.24) is 9.78 Å². The third-order valence-corrected chi connectivity index (χ3v) is 2.50. The standard InChI is InChI=1S/C12H12F2N2O3/c1-2-3-19-9-5-7(11(17)18)4-8-6-16(12(13)14)15-10(8)9/h4-6,12H,2-3H2,1H3,(H,17,18). The predicted molar refractivity (Wildman–Crippen MR) is 63.7 cm³/mol. The number of nitrogens with zero attached hydrogens (tertiary/aromatic N) is 2. The number of carbonyl (C=O) groups is 1. The van der Waals surface area contributed by atoms with E-state index in [4.69, 9.17) is 9.84 Å². The maximum atomic E-state index is 12.6. The lowest BCUT2D eigenvalue weighted by atomic mass is 10.1. The minimum atomic E-state index is -2.78. The summed E-state index contributed by atoms with van der Waals surface area (Å²) in [5.41, 5.74) is 0.214. The van der Waals surface area contributed by atoms with Gasteiger partial charge < -0.3 is 9.84 Å². The van der Waals surface area contributed by atoms with E-state index in [-0.39, 0.29) is 16.8 Å². The largest absolute Gasteiger partial charge is 0.491 e. The quantitative estimate of drug-likeness (QED) is 0.907. The van der Waals surface area contributed by atoms with Gasteiger partial charge in [-0.05, 0) is 18.6 Å². The van der Waals surface area contributed by atoms with Gasteiger partial charge in [-0.25, -0.2) is 9.48 Å². The van der Waals surface area contributed by atoms with E-state index in [1.807, 2.05) is 6.92 Å². The second-order valence-corrected chi connectivity index (χ2v) is 3.95. The summed E-state index contributed by atoms with van der Waals surface area (Å²) in [6.45, 7) is -0.532. The first-order valence-corrected chi connectivity index (χ1v) is 5.70. The molecule has 0 saturated carbocycles. The van der Waals surface area contributed by atoms with Crippen LogP contribution in [0.15, 0.2) is 18.3 Å². The van der Waals surface area contributed by atoms with Crippen molar-refractivity contribution < 1.29 is 23.4 Å². The highest BCUT2D eigenvalue weighted by Crippen LogP contribution is 2.28. The normalized spacial score (nSPS) is 11.2. The molecule has 1 aromatic carbocycles. The van der Waals surface area contributed by atoms with Gasteiger partial charge in [0, 0.05) is 11.6 Å². The van der Waals surface area contributed by atoms with Crippen molar-refractivity contribution >= 4 is 16.9 Å².